The summed E-state index contributed by atoms with van der Waals surface area (Å²) in [5.41, 5.74) is 0.562. The zero-order valence-corrected chi connectivity index (χ0v) is 16.0. The SMILES string of the molecule is COc1ccc(F)cc1S(=O)(=O)N(C)Cc1nc(-c2ccccc2Cl)no1. The summed E-state index contributed by atoms with van der Waals surface area (Å²) in [4.78, 5) is 3.88. The van der Waals surface area contributed by atoms with Crippen LogP contribution >= 0.6 is 11.6 Å². The van der Waals surface area contributed by atoms with E-state index in [2.05, 4.69) is 10.1 Å². The quantitative estimate of drug-likeness (QED) is 0.618. The van der Waals surface area contributed by atoms with Crippen LogP contribution in [-0.2, 0) is 16.6 Å². The second-order valence-corrected chi connectivity index (χ2v) is 7.97. The van der Waals surface area contributed by atoms with Crippen LogP contribution in [0.5, 0.6) is 5.75 Å². The second-order valence-electron chi connectivity index (χ2n) is 5.55. The number of halogens is 2. The largest absolute Gasteiger partial charge is 0.495 e. The summed E-state index contributed by atoms with van der Waals surface area (Å²) in [6.07, 6.45) is 0. The van der Waals surface area contributed by atoms with E-state index >= 15 is 0 Å². The molecule has 7 nitrogen and oxygen atoms in total. The summed E-state index contributed by atoms with van der Waals surface area (Å²) in [6, 6.07) is 10.2. The number of benzene rings is 2. The highest BCUT2D eigenvalue weighted by molar-refractivity contribution is 7.89. The zero-order chi connectivity index (χ0) is 19.6. The van der Waals surface area contributed by atoms with Crippen LogP contribution in [0.1, 0.15) is 5.89 Å². The number of aromatic nitrogens is 2. The normalized spacial score (nSPS) is 11.7. The van der Waals surface area contributed by atoms with Gasteiger partial charge >= 0.3 is 0 Å². The van der Waals surface area contributed by atoms with E-state index in [9.17, 15) is 12.8 Å². The van der Waals surface area contributed by atoms with E-state index in [4.69, 9.17) is 20.9 Å². The van der Waals surface area contributed by atoms with Crippen molar-refractivity contribution in [1.82, 2.24) is 14.4 Å². The fourth-order valence-corrected chi connectivity index (χ4v) is 3.87. The molecule has 0 fully saturated rings. The Morgan fingerprint density at radius 3 is 2.70 bits per heavy atom. The molecule has 0 aliphatic carbocycles. The minimum absolute atomic E-state index is 0.0329. The third-order valence-electron chi connectivity index (χ3n) is 3.75. The molecular weight excluding hydrogens is 397 g/mol. The Labute approximate surface area is 160 Å². The lowest BCUT2D eigenvalue weighted by molar-refractivity contribution is 0.335. The topological polar surface area (TPSA) is 85.5 Å². The lowest BCUT2D eigenvalue weighted by Crippen LogP contribution is -2.27. The van der Waals surface area contributed by atoms with E-state index in [1.165, 1.54) is 20.2 Å². The van der Waals surface area contributed by atoms with Gasteiger partial charge in [0, 0.05) is 12.6 Å². The fourth-order valence-electron chi connectivity index (χ4n) is 2.37. The summed E-state index contributed by atoms with van der Waals surface area (Å²) in [5, 5.41) is 4.27. The Hall–Kier alpha value is -2.49. The minimum atomic E-state index is -4.05. The van der Waals surface area contributed by atoms with Crippen molar-refractivity contribution in [2.45, 2.75) is 11.4 Å². The number of rotatable bonds is 6. The first-order valence-electron chi connectivity index (χ1n) is 7.70. The summed E-state index contributed by atoms with van der Waals surface area (Å²) >= 11 is 6.10. The molecule has 0 saturated heterocycles. The number of sulfonamides is 1. The van der Waals surface area contributed by atoms with Crippen LogP contribution in [0.25, 0.3) is 11.4 Å². The molecule has 3 rings (SSSR count). The van der Waals surface area contributed by atoms with Gasteiger partial charge in [-0.05, 0) is 30.3 Å². The highest BCUT2D eigenvalue weighted by Crippen LogP contribution is 2.28. The minimum Gasteiger partial charge on any atom is -0.495 e. The molecule has 0 bridgehead atoms. The molecule has 0 atom stereocenters. The predicted octanol–water partition coefficient (Wildman–Crippen LogP) is 3.36. The van der Waals surface area contributed by atoms with Gasteiger partial charge in [-0.2, -0.15) is 9.29 Å². The molecule has 10 heteroatoms. The zero-order valence-electron chi connectivity index (χ0n) is 14.4. The first-order chi connectivity index (χ1) is 12.8. The molecule has 0 saturated carbocycles. The maximum atomic E-state index is 13.5. The third-order valence-corrected chi connectivity index (χ3v) is 5.91. The number of hydrogen-bond donors (Lipinski definition) is 0. The van der Waals surface area contributed by atoms with Crippen LogP contribution in [0, 0.1) is 5.82 Å². The highest BCUT2D eigenvalue weighted by atomic mass is 35.5. The molecule has 0 radical (unpaired) electrons. The van der Waals surface area contributed by atoms with Gasteiger partial charge in [-0.25, -0.2) is 12.8 Å². The maximum absolute atomic E-state index is 13.5. The maximum Gasteiger partial charge on any atom is 0.247 e. The van der Waals surface area contributed by atoms with Crippen LogP contribution < -0.4 is 4.74 Å². The molecule has 0 spiro atoms. The number of nitrogens with zero attached hydrogens (tertiary/aromatic N) is 3. The summed E-state index contributed by atoms with van der Waals surface area (Å²) < 4.78 is 50.2. The molecule has 3 aromatic rings. The molecule has 0 N–H and O–H groups in total. The Morgan fingerprint density at radius 1 is 1.26 bits per heavy atom. The van der Waals surface area contributed by atoms with Crippen LogP contribution in [0.15, 0.2) is 51.9 Å². The van der Waals surface area contributed by atoms with Crippen LogP contribution in [0.3, 0.4) is 0 Å². The van der Waals surface area contributed by atoms with E-state index in [1.807, 2.05) is 0 Å². The standard InChI is InChI=1S/C17H15ClFN3O4S/c1-22(27(23,24)15-9-11(19)7-8-14(15)25-2)10-16-20-17(21-26-16)12-5-3-4-6-13(12)18/h3-9H,10H2,1-2H3. The fraction of sp³-hybridized carbons (Fsp3) is 0.176. The van der Waals surface area contributed by atoms with Crippen molar-refractivity contribution in [2.24, 2.45) is 0 Å². The molecule has 0 amide bonds. The van der Waals surface area contributed by atoms with Gasteiger partial charge in [-0.15, -0.1) is 0 Å². The van der Waals surface area contributed by atoms with E-state index in [0.717, 1.165) is 16.4 Å². The van der Waals surface area contributed by atoms with E-state index in [1.54, 1.807) is 24.3 Å². The van der Waals surface area contributed by atoms with E-state index in [-0.39, 0.29) is 28.9 Å². The molecular formula is C17H15ClFN3O4S. The highest BCUT2D eigenvalue weighted by Gasteiger charge is 2.27. The average Bonchev–Trinajstić information content (AvgIpc) is 3.10. The van der Waals surface area contributed by atoms with Crippen LogP contribution in [0.4, 0.5) is 4.39 Å². The van der Waals surface area contributed by atoms with Crippen molar-refractivity contribution in [3.63, 3.8) is 0 Å². The third kappa shape index (κ3) is 3.95. The smallest absolute Gasteiger partial charge is 0.247 e. The number of hydrogen-bond acceptors (Lipinski definition) is 6. The van der Waals surface area contributed by atoms with Gasteiger partial charge < -0.3 is 9.26 Å². The predicted molar refractivity (Wildman–Crippen MR) is 96.3 cm³/mol. The monoisotopic (exact) mass is 411 g/mol. The van der Waals surface area contributed by atoms with Crippen molar-refractivity contribution in [1.29, 1.82) is 0 Å². The van der Waals surface area contributed by atoms with E-state index in [0.29, 0.717) is 10.6 Å². The molecule has 0 aliphatic heterocycles. The lowest BCUT2D eigenvalue weighted by atomic mass is 10.2. The van der Waals surface area contributed by atoms with Crippen molar-refractivity contribution in [2.75, 3.05) is 14.2 Å². The number of ether oxygens (including phenoxy) is 1. The number of methoxy groups -OCH3 is 1. The van der Waals surface area contributed by atoms with Gasteiger partial charge in [0.25, 0.3) is 0 Å². The molecule has 142 valence electrons. The average molecular weight is 412 g/mol. The van der Waals surface area contributed by atoms with Crippen molar-refractivity contribution < 1.29 is 22.1 Å². The second kappa shape index (κ2) is 7.63. The van der Waals surface area contributed by atoms with Crippen LogP contribution in [0.2, 0.25) is 5.02 Å². The Kier molecular flexibility index (Phi) is 5.45. The Balaban J connectivity index is 1.87. The summed E-state index contributed by atoms with van der Waals surface area (Å²) in [6.45, 7) is -0.209. The van der Waals surface area contributed by atoms with Gasteiger partial charge in [0.2, 0.25) is 21.7 Å². The van der Waals surface area contributed by atoms with Gasteiger partial charge in [0.1, 0.15) is 16.5 Å². The molecule has 0 aliphatic rings. The summed E-state index contributed by atoms with van der Waals surface area (Å²) in [7, 11) is -1.43. The summed E-state index contributed by atoms with van der Waals surface area (Å²) in [5.74, 6) is -0.358. The lowest BCUT2D eigenvalue weighted by Gasteiger charge is -2.17. The van der Waals surface area contributed by atoms with Crippen molar-refractivity contribution >= 4 is 21.6 Å². The molecule has 1 heterocycles. The van der Waals surface area contributed by atoms with Crippen LogP contribution in [-0.4, -0.2) is 37.0 Å². The van der Waals surface area contributed by atoms with E-state index < -0.39 is 15.8 Å². The first-order valence-corrected chi connectivity index (χ1v) is 9.52. The van der Waals surface area contributed by atoms with Crippen molar-refractivity contribution in [3.05, 3.63) is 59.2 Å². The molecule has 27 heavy (non-hydrogen) atoms. The van der Waals surface area contributed by atoms with Gasteiger partial charge in [-0.1, -0.05) is 28.9 Å². The van der Waals surface area contributed by atoms with Gasteiger partial charge in [0.05, 0.1) is 18.7 Å². The molecule has 1 aromatic heterocycles. The molecule has 2 aromatic carbocycles. The van der Waals surface area contributed by atoms with Crippen molar-refractivity contribution in [3.8, 4) is 17.1 Å². The van der Waals surface area contributed by atoms with Gasteiger partial charge in [0.15, 0.2) is 0 Å². The Bertz CT molecular complexity index is 1070. The Morgan fingerprint density at radius 2 is 2.00 bits per heavy atom. The molecule has 0 unspecified atom stereocenters. The van der Waals surface area contributed by atoms with Gasteiger partial charge in [-0.3, -0.25) is 0 Å². The first kappa shape index (κ1) is 19.3.